The molecular weight excluding hydrogens is 296 g/mol. The fourth-order valence-electron chi connectivity index (χ4n) is 2.45. The van der Waals surface area contributed by atoms with Crippen molar-refractivity contribution in [2.45, 2.75) is 6.54 Å². The number of rotatable bonds is 5. The summed E-state index contributed by atoms with van der Waals surface area (Å²) in [5, 5.41) is 5.68. The van der Waals surface area contributed by atoms with E-state index < -0.39 is 0 Å². The molecule has 0 radical (unpaired) electrons. The molecule has 7 heteroatoms. The highest BCUT2D eigenvalue weighted by atomic mass is 16.5. The van der Waals surface area contributed by atoms with E-state index in [9.17, 15) is 9.59 Å². The molecule has 0 bridgehead atoms. The second-order valence-electron chi connectivity index (χ2n) is 5.39. The van der Waals surface area contributed by atoms with Crippen molar-refractivity contribution in [3.63, 3.8) is 0 Å². The summed E-state index contributed by atoms with van der Waals surface area (Å²) in [5.41, 5.74) is 1.07. The summed E-state index contributed by atoms with van der Waals surface area (Å²) in [6.07, 6.45) is -0.275. The van der Waals surface area contributed by atoms with Gasteiger partial charge in [0, 0.05) is 45.8 Å². The summed E-state index contributed by atoms with van der Waals surface area (Å²) in [5.74, 6) is 0. The summed E-state index contributed by atoms with van der Waals surface area (Å²) >= 11 is 0. The van der Waals surface area contributed by atoms with Gasteiger partial charge in [-0.15, -0.1) is 0 Å². The summed E-state index contributed by atoms with van der Waals surface area (Å²) in [4.78, 5) is 27.0. The van der Waals surface area contributed by atoms with Gasteiger partial charge in [-0.25, -0.2) is 9.59 Å². The lowest BCUT2D eigenvalue weighted by Crippen LogP contribution is -2.50. The zero-order chi connectivity index (χ0) is 16.5. The van der Waals surface area contributed by atoms with Gasteiger partial charge in [0.1, 0.15) is 0 Å². The Labute approximate surface area is 136 Å². The van der Waals surface area contributed by atoms with Gasteiger partial charge in [-0.1, -0.05) is 30.3 Å². The van der Waals surface area contributed by atoms with Crippen LogP contribution in [0.15, 0.2) is 30.3 Å². The van der Waals surface area contributed by atoms with E-state index >= 15 is 0 Å². The van der Waals surface area contributed by atoms with Crippen LogP contribution in [-0.4, -0.2) is 68.3 Å². The fourth-order valence-corrected chi connectivity index (χ4v) is 2.45. The van der Waals surface area contributed by atoms with Gasteiger partial charge in [0.2, 0.25) is 0 Å². The smallest absolute Gasteiger partial charge is 0.409 e. The van der Waals surface area contributed by atoms with Gasteiger partial charge >= 0.3 is 12.1 Å². The number of amides is 3. The lowest BCUT2D eigenvalue weighted by molar-refractivity contribution is 0.0915. The summed E-state index contributed by atoms with van der Waals surface area (Å²) in [6.45, 7) is 4.78. The molecule has 0 aromatic heterocycles. The number of carbonyl (C=O) groups is 2. The molecule has 1 aliphatic rings. The highest BCUT2D eigenvalue weighted by molar-refractivity contribution is 5.73. The molecule has 1 aliphatic heterocycles. The van der Waals surface area contributed by atoms with Crippen molar-refractivity contribution in [3.8, 4) is 0 Å². The van der Waals surface area contributed by atoms with E-state index in [4.69, 9.17) is 4.74 Å². The third-order valence-electron chi connectivity index (χ3n) is 3.81. The molecule has 126 valence electrons. The molecule has 3 amide bonds. The molecular formula is C16H24N4O3. The van der Waals surface area contributed by atoms with Crippen LogP contribution in [0.1, 0.15) is 5.56 Å². The van der Waals surface area contributed by atoms with E-state index in [0.29, 0.717) is 26.2 Å². The molecule has 2 N–H and O–H groups in total. The number of hydrogen-bond donors (Lipinski definition) is 2. The molecule has 23 heavy (non-hydrogen) atoms. The quantitative estimate of drug-likeness (QED) is 0.844. The minimum Gasteiger partial charge on any atom is -0.453 e. The van der Waals surface area contributed by atoms with Crippen molar-refractivity contribution in [1.29, 1.82) is 0 Å². The largest absolute Gasteiger partial charge is 0.453 e. The van der Waals surface area contributed by atoms with Gasteiger partial charge in [0.15, 0.2) is 0 Å². The molecule has 1 aromatic carbocycles. The number of ether oxygens (including phenoxy) is 1. The van der Waals surface area contributed by atoms with Crippen LogP contribution in [0.5, 0.6) is 0 Å². The van der Waals surface area contributed by atoms with Crippen LogP contribution in [0.4, 0.5) is 9.59 Å². The van der Waals surface area contributed by atoms with Crippen LogP contribution in [-0.2, 0) is 11.3 Å². The van der Waals surface area contributed by atoms with Gasteiger partial charge in [-0.2, -0.15) is 0 Å². The van der Waals surface area contributed by atoms with Crippen molar-refractivity contribution in [1.82, 2.24) is 20.4 Å². The third-order valence-corrected chi connectivity index (χ3v) is 3.81. The van der Waals surface area contributed by atoms with Gasteiger partial charge in [0.05, 0.1) is 7.11 Å². The second kappa shape index (κ2) is 8.99. The van der Waals surface area contributed by atoms with E-state index in [0.717, 1.165) is 25.2 Å². The van der Waals surface area contributed by atoms with Gasteiger partial charge < -0.3 is 20.3 Å². The van der Waals surface area contributed by atoms with Gasteiger partial charge in [-0.05, 0) is 5.56 Å². The molecule has 0 saturated carbocycles. The van der Waals surface area contributed by atoms with Crippen LogP contribution in [0.2, 0.25) is 0 Å². The minimum absolute atomic E-state index is 0.165. The average molecular weight is 320 g/mol. The molecule has 0 unspecified atom stereocenters. The molecule has 1 aromatic rings. The minimum atomic E-state index is -0.275. The maximum absolute atomic E-state index is 11.7. The number of hydrogen-bond acceptors (Lipinski definition) is 4. The Morgan fingerprint density at radius 2 is 1.78 bits per heavy atom. The first-order valence-electron chi connectivity index (χ1n) is 7.80. The summed E-state index contributed by atoms with van der Waals surface area (Å²) in [7, 11) is 1.40. The normalized spacial score (nSPS) is 15.1. The summed E-state index contributed by atoms with van der Waals surface area (Å²) < 4.78 is 4.70. The maximum atomic E-state index is 11.7. The number of piperazine rings is 1. The number of nitrogens with one attached hydrogen (secondary N) is 2. The van der Waals surface area contributed by atoms with Crippen molar-refractivity contribution >= 4 is 12.1 Å². The Bertz CT molecular complexity index is 501. The highest BCUT2D eigenvalue weighted by Crippen LogP contribution is 2.02. The number of nitrogens with zero attached hydrogens (tertiary/aromatic N) is 2. The van der Waals surface area contributed by atoms with E-state index in [1.807, 2.05) is 30.3 Å². The lowest BCUT2D eigenvalue weighted by Gasteiger charge is -2.33. The van der Waals surface area contributed by atoms with Crippen LogP contribution in [0, 0.1) is 0 Å². The van der Waals surface area contributed by atoms with Crippen LogP contribution in [0.3, 0.4) is 0 Å². The third kappa shape index (κ3) is 5.78. The zero-order valence-corrected chi connectivity index (χ0v) is 13.5. The topological polar surface area (TPSA) is 73.9 Å². The molecule has 0 atom stereocenters. The van der Waals surface area contributed by atoms with E-state index in [1.54, 1.807) is 4.90 Å². The fraction of sp³-hybridized carbons (Fsp3) is 0.500. The Hall–Kier alpha value is -2.28. The first kappa shape index (κ1) is 17.1. The Morgan fingerprint density at radius 1 is 1.09 bits per heavy atom. The number of methoxy groups -OCH3 is 1. The molecule has 1 heterocycles. The van der Waals surface area contributed by atoms with Crippen molar-refractivity contribution in [3.05, 3.63) is 35.9 Å². The van der Waals surface area contributed by atoms with Gasteiger partial charge in [-0.3, -0.25) is 4.90 Å². The molecule has 1 saturated heterocycles. The molecule has 0 aliphatic carbocycles. The number of urea groups is 1. The highest BCUT2D eigenvalue weighted by Gasteiger charge is 2.20. The van der Waals surface area contributed by atoms with E-state index in [1.165, 1.54) is 7.11 Å². The van der Waals surface area contributed by atoms with Crippen molar-refractivity contribution in [2.24, 2.45) is 0 Å². The Kier molecular flexibility index (Phi) is 6.68. The Balaban J connectivity index is 1.57. The van der Waals surface area contributed by atoms with E-state index in [-0.39, 0.29) is 12.1 Å². The van der Waals surface area contributed by atoms with Crippen LogP contribution >= 0.6 is 0 Å². The second-order valence-corrected chi connectivity index (χ2v) is 5.39. The maximum Gasteiger partial charge on any atom is 0.409 e. The SMILES string of the molecule is COC(=O)N1CCN(CCNC(=O)NCc2ccccc2)CC1. The van der Waals surface area contributed by atoms with Crippen molar-refractivity contribution < 1.29 is 14.3 Å². The standard InChI is InChI=1S/C16H24N4O3/c1-23-16(22)20-11-9-19(10-12-20)8-7-17-15(21)18-13-14-5-3-2-4-6-14/h2-6H,7-13H2,1H3,(H2,17,18,21). The molecule has 1 fully saturated rings. The molecule has 2 rings (SSSR count). The summed E-state index contributed by atoms with van der Waals surface area (Å²) in [6, 6.07) is 9.62. The number of carbonyl (C=O) groups excluding carboxylic acids is 2. The van der Waals surface area contributed by atoms with E-state index in [2.05, 4.69) is 15.5 Å². The first-order chi connectivity index (χ1) is 11.2. The van der Waals surface area contributed by atoms with Crippen molar-refractivity contribution in [2.75, 3.05) is 46.4 Å². The first-order valence-corrected chi connectivity index (χ1v) is 7.80. The predicted octanol–water partition coefficient (Wildman–Crippen LogP) is 0.870. The zero-order valence-electron chi connectivity index (χ0n) is 13.5. The number of benzene rings is 1. The average Bonchev–Trinajstić information content (AvgIpc) is 2.61. The lowest BCUT2D eigenvalue weighted by atomic mass is 10.2. The van der Waals surface area contributed by atoms with Crippen LogP contribution in [0.25, 0.3) is 0 Å². The predicted molar refractivity (Wildman–Crippen MR) is 87.1 cm³/mol. The molecule has 0 spiro atoms. The van der Waals surface area contributed by atoms with Gasteiger partial charge in [0.25, 0.3) is 0 Å². The van der Waals surface area contributed by atoms with Crippen LogP contribution < -0.4 is 10.6 Å². The monoisotopic (exact) mass is 320 g/mol. The molecule has 7 nitrogen and oxygen atoms in total. The Morgan fingerprint density at radius 3 is 2.43 bits per heavy atom.